The van der Waals surface area contributed by atoms with E-state index < -0.39 is 12.0 Å². The molecule has 0 saturated carbocycles. The molecule has 2 heterocycles. The van der Waals surface area contributed by atoms with Crippen LogP contribution >= 0.6 is 0 Å². The largest absolute Gasteiger partial charge is 0.490 e. The molecule has 1 aromatic carbocycles. The topological polar surface area (TPSA) is 144 Å². The Bertz CT molecular complexity index is 826. The number of rotatable bonds is 11. The molecule has 2 atom stereocenters. The van der Waals surface area contributed by atoms with Gasteiger partial charge in [0, 0.05) is 19.6 Å². The molecular weight excluding hydrogens is 438 g/mol. The lowest BCUT2D eigenvalue weighted by Crippen LogP contribution is -2.42. The van der Waals surface area contributed by atoms with Gasteiger partial charge in [0.25, 0.3) is 0 Å². The van der Waals surface area contributed by atoms with Gasteiger partial charge in [0.05, 0.1) is 13.7 Å². The van der Waals surface area contributed by atoms with Gasteiger partial charge in [0.15, 0.2) is 12.1 Å². The number of carbonyl (C=O) groups is 2. The van der Waals surface area contributed by atoms with Gasteiger partial charge in [-0.15, -0.1) is 0 Å². The van der Waals surface area contributed by atoms with Crippen LogP contribution in [0.3, 0.4) is 0 Å². The lowest BCUT2D eigenvalue weighted by atomic mass is 9.91. The number of guanidine groups is 1. The number of likely N-dealkylation sites (tertiary alicyclic amines) is 1. The monoisotopic (exact) mass is 475 g/mol. The van der Waals surface area contributed by atoms with Gasteiger partial charge in [-0.2, -0.15) is 0 Å². The molecule has 10 heteroatoms. The SMILES string of the molecule is COC(=O)C(N)Cc1ccc(OCC2CN(CCCCC3CCN(C(=N)N)CC3)C(=O)O2)cc1. The maximum Gasteiger partial charge on any atom is 0.410 e. The summed E-state index contributed by atoms with van der Waals surface area (Å²) in [4.78, 5) is 27.3. The lowest BCUT2D eigenvalue weighted by molar-refractivity contribution is -0.142. The van der Waals surface area contributed by atoms with Crippen LogP contribution in [0.15, 0.2) is 24.3 Å². The van der Waals surface area contributed by atoms with Crippen molar-refractivity contribution in [3.05, 3.63) is 29.8 Å². The second-order valence-electron chi connectivity index (χ2n) is 9.05. The van der Waals surface area contributed by atoms with Crippen LogP contribution < -0.4 is 16.2 Å². The fourth-order valence-electron chi connectivity index (χ4n) is 4.44. The third kappa shape index (κ3) is 7.51. The summed E-state index contributed by atoms with van der Waals surface area (Å²) in [7, 11) is 1.32. The summed E-state index contributed by atoms with van der Waals surface area (Å²) in [6.07, 6.45) is 5.12. The van der Waals surface area contributed by atoms with Gasteiger partial charge in [-0.1, -0.05) is 25.0 Å². The zero-order chi connectivity index (χ0) is 24.5. The van der Waals surface area contributed by atoms with Crippen LogP contribution in [-0.4, -0.2) is 79.9 Å². The molecule has 3 rings (SSSR count). The predicted octanol–water partition coefficient (Wildman–Crippen LogP) is 1.70. The Labute approximate surface area is 201 Å². The number of hydrogen-bond acceptors (Lipinski definition) is 7. The van der Waals surface area contributed by atoms with Gasteiger partial charge in [0.1, 0.15) is 18.4 Å². The summed E-state index contributed by atoms with van der Waals surface area (Å²) in [6.45, 7) is 3.24. The first-order chi connectivity index (χ1) is 16.4. The molecule has 1 aromatic rings. The molecule has 2 aliphatic rings. The minimum absolute atomic E-state index is 0.168. The first-order valence-corrected chi connectivity index (χ1v) is 12.0. The molecule has 0 bridgehead atoms. The molecule has 5 N–H and O–H groups in total. The Kier molecular flexibility index (Phi) is 9.38. The number of amides is 1. The van der Waals surface area contributed by atoms with E-state index in [0.717, 1.165) is 50.8 Å². The minimum atomic E-state index is -0.694. The molecule has 34 heavy (non-hydrogen) atoms. The van der Waals surface area contributed by atoms with Crippen LogP contribution in [0.1, 0.15) is 37.7 Å². The van der Waals surface area contributed by atoms with E-state index in [2.05, 4.69) is 4.74 Å². The van der Waals surface area contributed by atoms with Crippen molar-refractivity contribution in [3.63, 3.8) is 0 Å². The molecule has 0 aromatic heterocycles. The van der Waals surface area contributed by atoms with Crippen molar-refractivity contribution in [3.8, 4) is 5.75 Å². The summed E-state index contributed by atoms with van der Waals surface area (Å²) in [5.41, 5.74) is 12.3. The average molecular weight is 476 g/mol. The van der Waals surface area contributed by atoms with Crippen molar-refractivity contribution in [1.82, 2.24) is 9.80 Å². The van der Waals surface area contributed by atoms with E-state index in [1.54, 1.807) is 4.90 Å². The zero-order valence-electron chi connectivity index (χ0n) is 19.9. The van der Waals surface area contributed by atoms with Crippen molar-refractivity contribution >= 4 is 18.0 Å². The fraction of sp³-hybridized carbons (Fsp3) is 0.625. The summed E-state index contributed by atoms with van der Waals surface area (Å²) in [5.74, 6) is 1.07. The van der Waals surface area contributed by atoms with Gasteiger partial charge >= 0.3 is 12.1 Å². The van der Waals surface area contributed by atoms with Crippen molar-refractivity contribution < 1.29 is 23.8 Å². The second kappa shape index (κ2) is 12.5. The van der Waals surface area contributed by atoms with E-state index in [0.29, 0.717) is 31.2 Å². The van der Waals surface area contributed by atoms with Gasteiger partial charge < -0.3 is 35.5 Å². The first kappa shape index (κ1) is 25.6. The first-order valence-electron chi connectivity index (χ1n) is 12.0. The maximum atomic E-state index is 12.2. The number of methoxy groups -OCH3 is 1. The number of esters is 1. The van der Waals surface area contributed by atoms with Crippen LogP contribution in [0.5, 0.6) is 5.75 Å². The van der Waals surface area contributed by atoms with Crippen molar-refractivity contribution in [2.75, 3.05) is 39.9 Å². The lowest BCUT2D eigenvalue weighted by Gasteiger charge is -2.32. The van der Waals surface area contributed by atoms with Crippen molar-refractivity contribution in [1.29, 1.82) is 5.41 Å². The number of piperidine rings is 1. The van der Waals surface area contributed by atoms with E-state index in [4.69, 9.17) is 26.4 Å². The summed E-state index contributed by atoms with van der Waals surface area (Å²) >= 11 is 0. The van der Waals surface area contributed by atoms with Gasteiger partial charge in [-0.3, -0.25) is 10.2 Å². The predicted molar refractivity (Wildman–Crippen MR) is 128 cm³/mol. The average Bonchev–Trinajstić information content (AvgIpc) is 3.20. The Morgan fingerprint density at radius 1 is 1.24 bits per heavy atom. The minimum Gasteiger partial charge on any atom is -0.490 e. The smallest absolute Gasteiger partial charge is 0.410 e. The Morgan fingerprint density at radius 3 is 2.59 bits per heavy atom. The van der Waals surface area contributed by atoms with Crippen LogP contribution in [0, 0.1) is 11.3 Å². The van der Waals surface area contributed by atoms with Crippen LogP contribution in [0.4, 0.5) is 4.79 Å². The van der Waals surface area contributed by atoms with Gasteiger partial charge in [0.2, 0.25) is 0 Å². The number of carbonyl (C=O) groups excluding carboxylic acids is 2. The van der Waals surface area contributed by atoms with E-state index in [-0.39, 0.29) is 24.8 Å². The Morgan fingerprint density at radius 2 is 1.94 bits per heavy atom. The number of ether oxygens (including phenoxy) is 3. The number of unbranched alkanes of at least 4 members (excludes halogenated alkanes) is 1. The zero-order valence-corrected chi connectivity index (χ0v) is 19.9. The van der Waals surface area contributed by atoms with Crippen LogP contribution in [0.2, 0.25) is 0 Å². The van der Waals surface area contributed by atoms with Crippen molar-refractivity contribution in [2.24, 2.45) is 17.4 Å². The fourth-order valence-corrected chi connectivity index (χ4v) is 4.44. The third-order valence-corrected chi connectivity index (χ3v) is 6.51. The van der Waals surface area contributed by atoms with Gasteiger partial charge in [-0.05, 0) is 49.3 Å². The highest BCUT2D eigenvalue weighted by molar-refractivity contribution is 5.75. The van der Waals surface area contributed by atoms with E-state index in [9.17, 15) is 9.59 Å². The quantitative estimate of drug-likeness (QED) is 0.190. The standard InChI is InChI=1S/C24H37N5O5/c1-32-22(30)21(25)14-18-5-7-19(8-6-18)33-16-20-15-29(24(31)34-20)11-3-2-4-17-9-12-28(13-10-17)23(26)27/h5-8,17,20-21H,2-4,9-16,25H2,1H3,(H3,26,27). The molecule has 2 fully saturated rings. The molecule has 188 valence electrons. The molecule has 2 saturated heterocycles. The van der Waals surface area contributed by atoms with E-state index >= 15 is 0 Å². The molecule has 2 unspecified atom stereocenters. The molecule has 0 spiro atoms. The highest BCUT2D eigenvalue weighted by atomic mass is 16.6. The third-order valence-electron chi connectivity index (χ3n) is 6.51. The number of hydrogen-bond donors (Lipinski definition) is 3. The summed E-state index contributed by atoms with van der Waals surface area (Å²) < 4.78 is 15.9. The summed E-state index contributed by atoms with van der Waals surface area (Å²) in [5, 5.41) is 7.51. The van der Waals surface area contributed by atoms with Crippen LogP contribution in [0.25, 0.3) is 0 Å². The Hall–Kier alpha value is -3.01. The van der Waals surface area contributed by atoms with Crippen molar-refractivity contribution in [2.45, 2.75) is 50.7 Å². The second-order valence-corrected chi connectivity index (χ2v) is 9.05. The Balaban J connectivity index is 1.31. The highest BCUT2D eigenvalue weighted by Crippen LogP contribution is 2.23. The molecule has 10 nitrogen and oxygen atoms in total. The highest BCUT2D eigenvalue weighted by Gasteiger charge is 2.31. The van der Waals surface area contributed by atoms with E-state index in [1.807, 2.05) is 29.2 Å². The molecule has 0 radical (unpaired) electrons. The maximum absolute atomic E-state index is 12.2. The number of nitrogens with two attached hydrogens (primary N) is 2. The molecule has 1 amide bonds. The molecule has 0 aliphatic carbocycles. The summed E-state index contributed by atoms with van der Waals surface area (Å²) in [6, 6.07) is 6.65. The number of cyclic esters (lactones) is 1. The van der Waals surface area contributed by atoms with Crippen LogP contribution in [-0.2, 0) is 20.7 Å². The molecular formula is C24H37N5O5. The number of nitrogens with one attached hydrogen (secondary N) is 1. The van der Waals surface area contributed by atoms with E-state index in [1.165, 1.54) is 7.11 Å². The number of benzene rings is 1. The van der Waals surface area contributed by atoms with Gasteiger partial charge in [-0.25, -0.2) is 4.79 Å². The molecule has 2 aliphatic heterocycles. The normalized spacial score (nSPS) is 19.6. The number of nitrogens with zero attached hydrogens (tertiary/aromatic N) is 2.